The molecule has 0 spiro atoms. The molecule has 1 amide bonds. The van der Waals surface area contributed by atoms with Gasteiger partial charge in [-0.15, -0.1) is 0 Å². The molecule has 2 aromatic rings. The molecule has 120 valence electrons. The van der Waals surface area contributed by atoms with Crippen LogP contribution in [0.3, 0.4) is 0 Å². The van der Waals surface area contributed by atoms with E-state index in [4.69, 9.17) is 23.2 Å². The summed E-state index contributed by atoms with van der Waals surface area (Å²) in [7, 11) is 1.79. The number of rotatable bonds is 3. The minimum atomic E-state index is -0.201. The Morgan fingerprint density at radius 2 is 1.91 bits per heavy atom. The van der Waals surface area contributed by atoms with Crippen LogP contribution in [0, 0.1) is 0 Å². The van der Waals surface area contributed by atoms with E-state index in [0.29, 0.717) is 23.0 Å². The van der Waals surface area contributed by atoms with E-state index < -0.39 is 0 Å². The Morgan fingerprint density at radius 1 is 1.17 bits per heavy atom. The van der Waals surface area contributed by atoms with E-state index in [-0.39, 0.29) is 11.9 Å². The fourth-order valence-corrected chi connectivity index (χ4v) is 3.28. The third-order valence-corrected chi connectivity index (χ3v) is 5.05. The second-order valence-corrected chi connectivity index (χ2v) is 6.60. The molecule has 1 N–H and O–H groups in total. The highest BCUT2D eigenvalue weighted by Gasteiger charge is 2.26. The van der Waals surface area contributed by atoms with E-state index in [9.17, 15) is 4.79 Å². The standard InChI is InChI=1S/C18H18Cl2N2O/c1-22(11-14-7-4-8-15(19)17(14)20)18(23)16-9-12-5-2-3-6-13(12)10-21-16/h2-8,16,21H,9-11H2,1H3. The first-order valence-electron chi connectivity index (χ1n) is 7.54. The zero-order valence-corrected chi connectivity index (χ0v) is 14.4. The molecule has 2 aromatic carbocycles. The summed E-state index contributed by atoms with van der Waals surface area (Å²) in [6, 6.07) is 13.5. The monoisotopic (exact) mass is 348 g/mol. The number of amides is 1. The van der Waals surface area contributed by atoms with Gasteiger partial charge in [0.2, 0.25) is 5.91 Å². The second kappa shape index (κ2) is 6.91. The number of nitrogens with one attached hydrogen (secondary N) is 1. The smallest absolute Gasteiger partial charge is 0.240 e. The van der Waals surface area contributed by atoms with Crippen LogP contribution in [0.2, 0.25) is 10.0 Å². The van der Waals surface area contributed by atoms with E-state index in [1.54, 1.807) is 18.0 Å². The number of hydrogen-bond acceptors (Lipinski definition) is 2. The van der Waals surface area contributed by atoms with Crippen molar-refractivity contribution in [1.29, 1.82) is 0 Å². The second-order valence-electron chi connectivity index (χ2n) is 5.81. The highest BCUT2D eigenvalue weighted by Crippen LogP contribution is 2.26. The minimum absolute atomic E-state index is 0.0653. The first-order chi connectivity index (χ1) is 11.1. The van der Waals surface area contributed by atoms with Crippen LogP contribution < -0.4 is 5.32 Å². The third-order valence-electron chi connectivity index (χ3n) is 4.19. The molecule has 0 fully saturated rings. The van der Waals surface area contributed by atoms with Crippen LogP contribution >= 0.6 is 23.2 Å². The molecule has 23 heavy (non-hydrogen) atoms. The number of carbonyl (C=O) groups excluding carboxylic acids is 1. The fraction of sp³-hybridized carbons (Fsp3) is 0.278. The lowest BCUT2D eigenvalue weighted by Gasteiger charge is -2.29. The predicted octanol–water partition coefficient (Wildman–Crippen LogP) is 3.67. The van der Waals surface area contributed by atoms with Gasteiger partial charge in [-0.05, 0) is 29.2 Å². The lowest BCUT2D eigenvalue weighted by atomic mass is 9.95. The van der Waals surface area contributed by atoms with Gasteiger partial charge in [0, 0.05) is 20.1 Å². The van der Waals surface area contributed by atoms with E-state index in [2.05, 4.69) is 17.4 Å². The van der Waals surface area contributed by atoms with Gasteiger partial charge in [0.25, 0.3) is 0 Å². The number of fused-ring (bicyclic) bond motifs is 1. The molecule has 3 nitrogen and oxygen atoms in total. The summed E-state index contributed by atoms with van der Waals surface area (Å²) < 4.78 is 0. The number of benzene rings is 2. The van der Waals surface area contributed by atoms with Crippen LogP contribution in [-0.2, 0) is 24.3 Å². The quantitative estimate of drug-likeness (QED) is 0.917. The molecule has 0 saturated heterocycles. The molecular formula is C18H18Cl2N2O. The van der Waals surface area contributed by atoms with E-state index >= 15 is 0 Å². The van der Waals surface area contributed by atoms with Crippen LogP contribution in [0.25, 0.3) is 0 Å². The molecule has 0 radical (unpaired) electrons. The Morgan fingerprint density at radius 3 is 2.70 bits per heavy atom. The average molecular weight is 349 g/mol. The highest BCUT2D eigenvalue weighted by molar-refractivity contribution is 6.42. The van der Waals surface area contributed by atoms with Crippen molar-refractivity contribution >= 4 is 29.1 Å². The predicted molar refractivity (Wildman–Crippen MR) is 93.7 cm³/mol. The summed E-state index contributed by atoms with van der Waals surface area (Å²) >= 11 is 12.2. The van der Waals surface area contributed by atoms with Crippen molar-refractivity contribution in [2.24, 2.45) is 0 Å². The molecule has 1 aliphatic rings. The highest BCUT2D eigenvalue weighted by atomic mass is 35.5. The van der Waals surface area contributed by atoms with Gasteiger partial charge in [0.1, 0.15) is 0 Å². The number of nitrogens with zero attached hydrogens (tertiary/aromatic N) is 1. The van der Waals surface area contributed by atoms with Gasteiger partial charge in [0.05, 0.1) is 16.1 Å². The Bertz CT molecular complexity index is 733. The number of likely N-dealkylation sites (N-methyl/N-ethyl adjacent to an activating group) is 1. The normalized spacial score (nSPS) is 16.7. The lowest BCUT2D eigenvalue weighted by molar-refractivity contribution is -0.132. The SMILES string of the molecule is CN(Cc1cccc(Cl)c1Cl)C(=O)C1Cc2ccccc2CN1. The van der Waals surface area contributed by atoms with Gasteiger partial charge in [-0.3, -0.25) is 4.79 Å². The lowest BCUT2D eigenvalue weighted by Crippen LogP contribution is -2.48. The van der Waals surface area contributed by atoms with Crippen molar-refractivity contribution in [2.45, 2.75) is 25.6 Å². The van der Waals surface area contributed by atoms with Crippen LogP contribution in [0.5, 0.6) is 0 Å². The van der Waals surface area contributed by atoms with Crippen LogP contribution in [0.1, 0.15) is 16.7 Å². The molecule has 0 bridgehead atoms. The summed E-state index contributed by atoms with van der Waals surface area (Å²) in [5.41, 5.74) is 3.35. The van der Waals surface area contributed by atoms with Gasteiger partial charge in [-0.2, -0.15) is 0 Å². The molecule has 3 rings (SSSR count). The zero-order valence-electron chi connectivity index (χ0n) is 12.9. The minimum Gasteiger partial charge on any atom is -0.340 e. The van der Waals surface area contributed by atoms with E-state index in [0.717, 1.165) is 12.1 Å². The molecule has 5 heteroatoms. The van der Waals surface area contributed by atoms with Crippen LogP contribution in [0.4, 0.5) is 0 Å². The van der Waals surface area contributed by atoms with Gasteiger partial charge >= 0.3 is 0 Å². The zero-order chi connectivity index (χ0) is 16.4. The van der Waals surface area contributed by atoms with E-state index in [1.165, 1.54) is 11.1 Å². The maximum atomic E-state index is 12.7. The van der Waals surface area contributed by atoms with Crippen molar-refractivity contribution in [2.75, 3.05) is 7.05 Å². The molecule has 1 aliphatic heterocycles. The molecular weight excluding hydrogens is 331 g/mol. The largest absolute Gasteiger partial charge is 0.340 e. The maximum Gasteiger partial charge on any atom is 0.240 e. The van der Waals surface area contributed by atoms with Gasteiger partial charge < -0.3 is 10.2 Å². The Labute approximate surface area is 146 Å². The summed E-state index contributed by atoms with van der Waals surface area (Å²) in [6.45, 7) is 1.16. The van der Waals surface area contributed by atoms with Gasteiger partial charge in [-0.25, -0.2) is 0 Å². The molecule has 0 aromatic heterocycles. The molecule has 0 saturated carbocycles. The van der Waals surface area contributed by atoms with Crippen LogP contribution in [-0.4, -0.2) is 23.9 Å². The summed E-state index contributed by atoms with van der Waals surface area (Å²) in [4.78, 5) is 14.4. The Balaban J connectivity index is 1.70. The topological polar surface area (TPSA) is 32.3 Å². The summed E-state index contributed by atoms with van der Waals surface area (Å²) in [6.07, 6.45) is 0.711. The number of halogens is 2. The third kappa shape index (κ3) is 3.52. The Kier molecular flexibility index (Phi) is 4.90. The van der Waals surface area contributed by atoms with Crippen molar-refractivity contribution in [3.63, 3.8) is 0 Å². The first kappa shape index (κ1) is 16.3. The molecule has 1 unspecified atom stereocenters. The van der Waals surface area contributed by atoms with Gasteiger partial charge in [0.15, 0.2) is 0 Å². The van der Waals surface area contributed by atoms with Crippen LogP contribution in [0.15, 0.2) is 42.5 Å². The van der Waals surface area contributed by atoms with Gasteiger partial charge in [-0.1, -0.05) is 59.6 Å². The van der Waals surface area contributed by atoms with E-state index in [1.807, 2.05) is 24.3 Å². The molecule has 1 heterocycles. The number of hydrogen-bond donors (Lipinski definition) is 1. The summed E-state index contributed by atoms with van der Waals surface area (Å²) in [5.74, 6) is 0.0653. The van der Waals surface area contributed by atoms with Crippen molar-refractivity contribution in [3.05, 3.63) is 69.2 Å². The molecule has 0 aliphatic carbocycles. The maximum absolute atomic E-state index is 12.7. The van der Waals surface area contributed by atoms with Crippen molar-refractivity contribution in [3.8, 4) is 0 Å². The summed E-state index contributed by atoms with van der Waals surface area (Å²) in [5, 5.41) is 4.34. The first-order valence-corrected chi connectivity index (χ1v) is 8.30. The fourth-order valence-electron chi connectivity index (χ4n) is 2.90. The average Bonchev–Trinajstić information content (AvgIpc) is 2.57. The van der Waals surface area contributed by atoms with Crippen molar-refractivity contribution < 1.29 is 4.79 Å². The van der Waals surface area contributed by atoms with Crippen molar-refractivity contribution in [1.82, 2.24) is 10.2 Å². The molecule has 1 atom stereocenters. The number of carbonyl (C=O) groups is 1. The Hall–Kier alpha value is -1.55.